The van der Waals surface area contributed by atoms with Crippen LogP contribution in [0.2, 0.25) is 0 Å². The fourth-order valence-electron chi connectivity index (χ4n) is 3.04. The van der Waals surface area contributed by atoms with Crippen molar-refractivity contribution in [1.82, 2.24) is 20.4 Å². The molecule has 0 spiro atoms. The number of aryl methyl sites for hydroxylation is 3. The van der Waals surface area contributed by atoms with Crippen LogP contribution in [0.15, 0.2) is 30.3 Å². The molecule has 7 heteroatoms. The highest BCUT2D eigenvalue weighted by Crippen LogP contribution is 2.17. The Hall–Kier alpha value is -2.83. The van der Waals surface area contributed by atoms with Crippen molar-refractivity contribution in [1.29, 1.82) is 0 Å². The summed E-state index contributed by atoms with van der Waals surface area (Å²) in [4.78, 5) is 25.2. The van der Waals surface area contributed by atoms with Crippen LogP contribution in [-0.4, -0.2) is 41.3 Å². The van der Waals surface area contributed by atoms with Crippen LogP contribution < -0.4 is 15.4 Å². The minimum atomic E-state index is -0.619. The number of hydrogen-bond acceptors (Lipinski definition) is 4. The van der Waals surface area contributed by atoms with Crippen LogP contribution in [0, 0.1) is 19.8 Å². The van der Waals surface area contributed by atoms with Crippen molar-refractivity contribution in [2.45, 2.75) is 46.7 Å². The van der Waals surface area contributed by atoms with Gasteiger partial charge in [-0.3, -0.25) is 14.3 Å². The predicted octanol–water partition coefficient (Wildman–Crippen LogP) is 2.47. The molecule has 1 aromatic carbocycles. The molecule has 0 radical (unpaired) electrons. The molecule has 1 atom stereocenters. The second-order valence-electron chi connectivity index (χ2n) is 7.19. The van der Waals surface area contributed by atoms with Gasteiger partial charge in [-0.15, -0.1) is 0 Å². The molecule has 0 aliphatic rings. The van der Waals surface area contributed by atoms with E-state index in [9.17, 15) is 9.59 Å². The summed E-state index contributed by atoms with van der Waals surface area (Å²) in [6.45, 7) is 9.04. The third kappa shape index (κ3) is 5.58. The first-order chi connectivity index (χ1) is 13.3. The predicted molar refractivity (Wildman–Crippen MR) is 108 cm³/mol. The summed E-state index contributed by atoms with van der Waals surface area (Å²) in [5.41, 5.74) is 2.50. The molecular weight excluding hydrogens is 356 g/mol. The maximum Gasteiger partial charge on any atom is 0.255 e. The Morgan fingerprint density at radius 1 is 1.21 bits per heavy atom. The second kappa shape index (κ2) is 9.92. The molecule has 0 unspecified atom stereocenters. The van der Waals surface area contributed by atoms with E-state index in [2.05, 4.69) is 15.7 Å². The van der Waals surface area contributed by atoms with E-state index < -0.39 is 6.04 Å². The minimum Gasteiger partial charge on any atom is -0.496 e. The number of methoxy groups -OCH3 is 1. The minimum absolute atomic E-state index is 0.0466. The summed E-state index contributed by atoms with van der Waals surface area (Å²) < 4.78 is 7.17. The summed E-state index contributed by atoms with van der Waals surface area (Å²) in [6.07, 6.45) is 0.763. The first-order valence-corrected chi connectivity index (χ1v) is 9.56. The van der Waals surface area contributed by atoms with Crippen LogP contribution in [0.4, 0.5) is 0 Å². The van der Waals surface area contributed by atoms with Gasteiger partial charge in [-0.25, -0.2) is 0 Å². The van der Waals surface area contributed by atoms with Crippen LogP contribution in [0.1, 0.15) is 42.0 Å². The van der Waals surface area contributed by atoms with E-state index in [0.717, 1.165) is 24.4 Å². The van der Waals surface area contributed by atoms with Crippen molar-refractivity contribution in [3.05, 3.63) is 47.3 Å². The van der Waals surface area contributed by atoms with Gasteiger partial charge in [-0.05, 0) is 44.4 Å². The molecule has 2 N–H and O–H groups in total. The molecule has 7 nitrogen and oxygen atoms in total. The van der Waals surface area contributed by atoms with Gasteiger partial charge >= 0.3 is 0 Å². The van der Waals surface area contributed by atoms with E-state index >= 15 is 0 Å². The molecule has 152 valence electrons. The molecule has 2 rings (SSSR count). The Labute approximate surface area is 166 Å². The number of amides is 2. The SMILES string of the molecule is COc1ccccc1C(=O)N[C@@H](C(=O)NCCCn1nc(C)cc1C)C(C)C. The van der Waals surface area contributed by atoms with E-state index in [0.29, 0.717) is 17.9 Å². The fraction of sp³-hybridized carbons (Fsp3) is 0.476. The number of carbonyl (C=O) groups excluding carboxylic acids is 2. The van der Waals surface area contributed by atoms with Crippen LogP contribution in [0.3, 0.4) is 0 Å². The van der Waals surface area contributed by atoms with Crippen molar-refractivity contribution in [2.75, 3.05) is 13.7 Å². The van der Waals surface area contributed by atoms with Gasteiger partial charge in [0.1, 0.15) is 11.8 Å². The van der Waals surface area contributed by atoms with Gasteiger partial charge in [0.05, 0.1) is 18.4 Å². The Morgan fingerprint density at radius 2 is 1.93 bits per heavy atom. The van der Waals surface area contributed by atoms with E-state index in [4.69, 9.17) is 4.74 Å². The number of benzene rings is 1. The Bertz CT molecular complexity index is 814. The first-order valence-electron chi connectivity index (χ1n) is 9.56. The zero-order chi connectivity index (χ0) is 20.7. The first kappa shape index (κ1) is 21.5. The number of nitrogens with one attached hydrogen (secondary N) is 2. The third-order valence-electron chi connectivity index (χ3n) is 4.54. The molecule has 0 saturated heterocycles. The van der Waals surface area contributed by atoms with Crippen molar-refractivity contribution < 1.29 is 14.3 Å². The van der Waals surface area contributed by atoms with Gasteiger partial charge in [0.2, 0.25) is 5.91 Å². The van der Waals surface area contributed by atoms with Gasteiger partial charge < -0.3 is 15.4 Å². The van der Waals surface area contributed by atoms with Gasteiger partial charge in [-0.1, -0.05) is 26.0 Å². The van der Waals surface area contributed by atoms with Crippen LogP contribution >= 0.6 is 0 Å². The lowest BCUT2D eigenvalue weighted by molar-refractivity contribution is -0.123. The molecule has 1 aromatic heterocycles. The standard InChI is InChI=1S/C21H30N4O3/c1-14(2)19(23-20(26)17-9-6-7-10-18(17)28-5)21(27)22-11-8-12-25-16(4)13-15(3)24-25/h6-7,9-10,13-14,19H,8,11-12H2,1-5H3,(H,22,27)(H,23,26)/t19-/m1/s1. The summed E-state index contributed by atoms with van der Waals surface area (Å²) in [5, 5.41) is 10.2. The lowest BCUT2D eigenvalue weighted by Crippen LogP contribution is -2.50. The van der Waals surface area contributed by atoms with Gasteiger partial charge in [0, 0.05) is 18.8 Å². The molecule has 0 aliphatic heterocycles. The molecular formula is C21H30N4O3. The number of nitrogens with zero attached hydrogens (tertiary/aromatic N) is 2. The molecule has 2 amide bonds. The molecule has 0 saturated carbocycles. The summed E-state index contributed by atoms with van der Waals surface area (Å²) in [7, 11) is 1.52. The quantitative estimate of drug-likeness (QED) is 0.649. The molecule has 28 heavy (non-hydrogen) atoms. The largest absolute Gasteiger partial charge is 0.496 e. The second-order valence-corrected chi connectivity index (χ2v) is 7.19. The fourth-order valence-corrected chi connectivity index (χ4v) is 3.04. The highest BCUT2D eigenvalue weighted by Gasteiger charge is 2.25. The van der Waals surface area contributed by atoms with Gasteiger partial charge in [0.15, 0.2) is 0 Å². The molecule has 0 aliphatic carbocycles. The summed E-state index contributed by atoms with van der Waals surface area (Å²) in [5.74, 6) is -0.0805. The maximum atomic E-state index is 12.6. The van der Waals surface area contributed by atoms with Crippen LogP contribution in [-0.2, 0) is 11.3 Å². The molecule has 2 aromatic rings. The maximum absolute atomic E-state index is 12.6. The number of hydrogen-bond donors (Lipinski definition) is 2. The Balaban J connectivity index is 1.90. The lowest BCUT2D eigenvalue weighted by Gasteiger charge is -2.22. The highest BCUT2D eigenvalue weighted by molar-refractivity contribution is 5.99. The summed E-state index contributed by atoms with van der Waals surface area (Å²) >= 11 is 0. The smallest absolute Gasteiger partial charge is 0.255 e. The van der Waals surface area contributed by atoms with E-state index in [-0.39, 0.29) is 17.7 Å². The van der Waals surface area contributed by atoms with E-state index in [1.54, 1.807) is 24.3 Å². The number of ether oxygens (including phenoxy) is 1. The summed E-state index contributed by atoms with van der Waals surface area (Å²) in [6, 6.07) is 8.37. The topological polar surface area (TPSA) is 85.2 Å². The third-order valence-corrected chi connectivity index (χ3v) is 4.54. The monoisotopic (exact) mass is 386 g/mol. The Kier molecular flexibility index (Phi) is 7.61. The average molecular weight is 386 g/mol. The van der Waals surface area contributed by atoms with E-state index in [1.165, 1.54) is 7.11 Å². The molecule has 0 bridgehead atoms. The zero-order valence-electron chi connectivity index (χ0n) is 17.3. The van der Waals surface area contributed by atoms with Crippen LogP contribution in [0.25, 0.3) is 0 Å². The van der Waals surface area contributed by atoms with Crippen molar-refractivity contribution in [2.24, 2.45) is 5.92 Å². The normalized spacial score (nSPS) is 11.9. The lowest BCUT2D eigenvalue weighted by atomic mass is 10.0. The number of rotatable bonds is 9. The van der Waals surface area contributed by atoms with Crippen molar-refractivity contribution in [3.8, 4) is 5.75 Å². The number of carbonyl (C=O) groups is 2. The molecule has 1 heterocycles. The van der Waals surface area contributed by atoms with Crippen LogP contribution in [0.5, 0.6) is 5.75 Å². The van der Waals surface area contributed by atoms with E-state index in [1.807, 2.05) is 38.4 Å². The van der Waals surface area contributed by atoms with Gasteiger partial charge in [0.25, 0.3) is 5.91 Å². The highest BCUT2D eigenvalue weighted by atomic mass is 16.5. The van der Waals surface area contributed by atoms with Crippen molar-refractivity contribution in [3.63, 3.8) is 0 Å². The molecule has 0 fully saturated rings. The van der Waals surface area contributed by atoms with Crippen molar-refractivity contribution >= 4 is 11.8 Å². The number of para-hydroxylation sites is 1. The van der Waals surface area contributed by atoms with Gasteiger partial charge in [-0.2, -0.15) is 5.10 Å². The Morgan fingerprint density at radius 3 is 2.54 bits per heavy atom. The zero-order valence-corrected chi connectivity index (χ0v) is 17.3. The average Bonchev–Trinajstić information content (AvgIpc) is 2.99. The number of aromatic nitrogens is 2.